The van der Waals surface area contributed by atoms with Gasteiger partial charge in [-0.25, -0.2) is 4.68 Å². The summed E-state index contributed by atoms with van der Waals surface area (Å²) >= 11 is 7.82. The van der Waals surface area contributed by atoms with Crippen molar-refractivity contribution in [2.24, 2.45) is 0 Å². The number of thioether (sulfide) groups is 1. The lowest BCUT2D eigenvalue weighted by molar-refractivity contribution is 0.336. The Balaban J connectivity index is 2.16. The molecule has 0 bridgehead atoms. The van der Waals surface area contributed by atoms with E-state index in [-0.39, 0.29) is 16.1 Å². The van der Waals surface area contributed by atoms with Gasteiger partial charge >= 0.3 is 0 Å². The Morgan fingerprint density at radius 2 is 1.75 bits per heavy atom. The number of aromatic nitrogens is 2. The number of nitrogens with zero attached hydrogens (tertiary/aromatic N) is 2. The maximum absolute atomic E-state index is 12.4. The van der Waals surface area contributed by atoms with Crippen LogP contribution in [0.25, 0.3) is 0 Å². The van der Waals surface area contributed by atoms with Gasteiger partial charge in [0.25, 0.3) is 5.56 Å². The summed E-state index contributed by atoms with van der Waals surface area (Å²) in [6.45, 7) is 12.8. The average Bonchev–Trinajstić information content (AvgIpc) is 2.47. The van der Waals surface area contributed by atoms with E-state index in [9.17, 15) is 4.79 Å². The summed E-state index contributed by atoms with van der Waals surface area (Å²) in [6.07, 6.45) is 1.69. The normalized spacial score (nSPS) is 12.5. The number of benzene rings is 1. The summed E-state index contributed by atoms with van der Waals surface area (Å²) in [5.41, 5.74) is 0.609. The van der Waals surface area contributed by atoms with Crippen molar-refractivity contribution >= 4 is 36.6 Å². The zero-order valence-corrected chi connectivity index (χ0v) is 17.8. The van der Waals surface area contributed by atoms with Crippen molar-refractivity contribution in [1.29, 1.82) is 0 Å². The molecule has 0 N–H and O–H groups in total. The van der Waals surface area contributed by atoms with Gasteiger partial charge in [0.15, 0.2) is 0 Å². The Labute approximate surface area is 154 Å². The van der Waals surface area contributed by atoms with Crippen LogP contribution in [-0.2, 0) is 11.3 Å². The standard InChI is InChI=1S/C18H25ClN2OSSi/c1-18(2,3)21-17(22)16(19)15(11-20-21)23-12-13-7-9-14(10-8-13)24(4,5)6/h7-11H,12H2,1-6H3. The highest BCUT2D eigenvalue weighted by Gasteiger charge is 2.19. The van der Waals surface area contributed by atoms with Crippen LogP contribution in [0.4, 0.5) is 0 Å². The topological polar surface area (TPSA) is 34.9 Å². The van der Waals surface area contributed by atoms with E-state index in [1.807, 2.05) is 20.8 Å². The first-order valence-electron chi connectivity index (χ1n) is 8.00. The molecule has 130 valence electrons. The van der Waals surface area contributed by atoms with Crippen LogP contribution in [0.2, 0.25) is 24.7 Å². The minimum absolute atomic E-state index is 0.233. The molecule has 0 aliphatic carbocycles. The summed E-state index contributed by atoms with van der Waals surface area (Å²) in [4.78, 5) is 13.1. The van der Waals surface area contributed by atoms with Crippen molar-refractivity contribution in [1.82, 2.24) is 9.78 Å². The predicted octanol–water partition coefficient (Wildman–Crippen LogP) is 4.49. The van der Waals surface area contributed by atoms with Crippen LogP contribution in [0.3, 0.4) is 0 Å². The molecule has 24 heavy (non-hydrogen) atoms. The van der Waals surface area contributed by atoms with Crippen molar-refractivity contribution < 1.29 is 0 Å². The first-order chi connectivity index (χ1) is 11.0. The SMILES string of the molecule is CC(C)(C)n1ncc(SCc2ccc([Si](C)(C)C)cc2)c(Cl)c1=O. The zero-order valence-electron chi connectivity index (χ0n) is 15.2. The quantitative estimate of drug-likeness (QED) is 0.579. The second kappa shape index (κ2) is 7.06. The fraction of sp³-hybridized carbons (Fsp3) is 0.444. The molecule has 0 unspecified atom stereocenters. The summed E-state index contributed by atoms with van der Waals surface area (Å²) in [7, 11) is -1.27. The van der Waals surface area contributed by atoms with Crippen molar-refractivity contribution in [3.63, 3.8) is 0 Å². The maximum Gasteiger partial charge on any atom is 0.287 e. The largest absolute Gasteiger partial charge is 0.287 e. The lowest BCUT2D eigenvalue weighted by Gasteiger charge is -2.21. The monoisotopic (exact) mass is 380 g/mol. The van der Waals surface area contributed by atoms with E-state index in [0.29, 0.717) is 0 Å². The summed E-state index contributed by atoms with van der Waals surface area (Å²) < 4.78 is 1.43. The minimum Gasteiger partial charge on any atom is -0.266 e. The van der Waals surface area contributed by atoms with Crippen LogP contribution in [0, 0.1) is 0 Å². The molecule has 2 aromatic rings. The van der Waals surface area contributed by atoms with Crippen molar-refractivity contribution in [2.45, 2.75) is 56.6 Å². The third kappa shape index (κ3) is 4.52. The van der Waals surface area contributed by atoms with Crippen molar-refractivity contribution in [3.05, 3.63) is 51.4 Å². The van der Waals surface area contributed by atoms with Gasteiger partial charge in [-0.3, -0.25) is 4.79 Å². The highest BCUT2D eigenvalue weighted by molar-refractivity contribution is 7.98. The fourth-order valence-electron chi connectivity index (χ4n) is 2.26. The maximum atomic E-state index is 12.4. The van der Waals surface area contributed by atoms with E-state index in [0.717, 1.165) is 10.6 Å². The molecule has 0 spiro atoms. The van der Waals surface area contributed by atoms with Crippen LogP contribution in [-0.4, -0.2) is 17.9 Å². The van der Waals surface area contributed by atoms with E-state index in [1.165, 1.54) is 15.4 Å². The second-order valence-electron chi connectivity index (χ2n) is 7.95. The molecule has 0 atom stereocenters. The Bertz CT molecular complexity index is 774. The molecule has 0 aliphatic heterocycles. The van der Waals surface area contributed by atoms with E-state index in [1.54, 1.807) is 18.0 Å². The Kier molecular flexibility index (Phi) is 5.67. The molecule has 1 heterocycles. The lowest BCUT2D eigenvalue weighted by Crippen LogP contribution is -2.37. The molecule has 0 fully saturated rings. The second-order valence-corrected chi connectivity index (χ2v) is 14.4. The zero-order chi connectivity index (χ0) is 18.1. The first kappa shape index (κ1) is 19.3. The van der Waals surface area contributed by atoms with Crippen molar-refractivity contribution in [3.8, 4) is 0 Å². The average molecular weight is 381 g/mol. The molecule has 3 nitrogen and oxygen atoms in total. The number of hydrogen-bond donors (Lipinski definition) is 0. The third-order valence-corrected chi connectivity index (χ3v) is 7.38. The van der Waals surface area contributed by atoms with Crippen LogP contribution >= 0.6 is 23.4 Å². The van der Waals surface area contributed by atoms with Gasteiger partial charge in [0.2, 0.25) is 0 Å². The predicted molar refractivity (Wildman–Crippen MR) is 107 cm³/mol. The van der Waals surface area contributed by atoms with Crippen molar-refractivity contribution in [2.75, 3.05) is 0 Å². The van der Waals surface area contributed by atoms with Gasteiger partial charge in [-0.1, -0.05) is 60.7 Å². The highest BCUT2D eigenvalue weighted by Crippen LogP contribution is 2.27. The molecule has 0 radical (unpaired) electrons. The van der Waals surface area contributed by atoms with Crippen LogP contribution in [0.15, 0.2) is 40.2 Å². The molecular weight excluding hydrogens is 356 g/mol. The fourth-order valence-corrected chi connectivity index (χ4v) is 4.57. The molecule has 6 heteroatoms. The van der Waals surface area contributed by atoms with Gasteiger partial charge in [0.1, 0.15) is 5.02 Å². The van der Waals surface area contributed by atoms with E-state index in [4.69, 9.17) is 11.6 Å². The molecule has 0 amide bonds. The molecule has 2 rings (SSSR count). The van der Waals surface area contributed by atoms with Gasteiger partial charge in [0, 0.05) is 5.75 Å². The number of halogens is 1. The Hall–Kier alpha value is -1.04. The van der Waals surface area contributed by atoms with Gasteiger partial charge in [0.05, 0.1) is 24.7 Å². The lowest BCUT2D eigenvalue weighted by atomic mass is 10.1. The molecular formula is C18H25ClN2OSSi. The summed E-state index contributed by atoms with van der Waals surface area (Å²) in [6, 6.07) is 8.77. The molecule has 0 aliphatic rings. The van der Waals surface area contributed by atoms with E-state index >= 15 is 0 Å². The van der Waals surface area contributed by atoms with Gasteiger partial charge < -0.3 is 0 Å². The molecule has 1 aromatic carbocycles. The van der Waals surface area contributed by atoms with Gasteiger partial charge in [-0.15, -0.1) is 11.8 Å². The Morgan fingerprint density at radius 3 is 2.25 bits per heavy atom. The van der Waals surface area contributed by atoms with Gasteiger partial charge in [-0.2, -0.15) is 5.10 Å². The van der Waals surface area contributed by atoms with Crippen LogP contribution in [0.1, 0.15) is 26.3 Å². The van der Waals surface area contributed by atoms with Gasteiger partial charge in [-0.05, 0) is 26.3 Å². The van der Waals surface area contributed by atoms with E-state index < -0.39 is 8.07 Å². The smallest absolute Gasteiger partial charge is 0.266 e. The first-order valence-corrected chi connectivity index (χ1v) is 12.9. The number of hydrogen-bond acceptors (Lipinski definition) is 3. The summed E-state index contributed by atoms with van der Waals surface area (Å²) in [5, 5.41) is 5.97. The highest BCUT2D eigenvalue weighted by atomic mass is 35.5. The molecule has 0 saturated heterocycles. The Morgan fingerprint density at radius 1 is 1.17 bits per heavy atom. The summed E-state index contributed by atoms with van der Waals surface area (Å²) in [5.74, 6) is 0.770. The van der Waals surface area contributed by atoms with Crippen LogP contribution in [0.5, 0.6) is 0 Å². The minimum atomic E-state index is -1.27. The van der Waals surface area contributed by atoms with E-state index in [2.05, 4.69) is 49.0 Å². The molecule has 1 aromatic heterocycles. The van der Waals surface area contributed by atoms with Crippen LogP contribution < -0.4 is 10.7 Å². The molecule has 0 saturated carbocycles. The number of rotatable bonds is 4. The third-order valence-electron chi connectivity index (χ3n) is 3.74.